The highest BCUT2D eigenvalue weighted by Crippen LogP contribution is 2.30. The summed E-state index contributed by atoms with van der Waals surface area (Å²) in [5.41, 5.74) is 0.921. The monoisotopic (exact) mass is 242 g/mol. The summed E-state index contributed by atoms with van der Waals surface area (Å²) in [4.78, 5) is 3.83. The minimum absolute atomic E-state index is 0.0495. The van der Waals surface area contributed by atoms with Gasteiger partial charge in [-0.3, -0.25) is 4.98 Å². The Labute approximate surface area is 100 Å². The molecule has 1 aliphatic carbocycles. The van der Waals surface area contributed by atoms with Gasteiger partial charge in [0.1, 0.15) is 5.82 Å². The third-order valence-electron chi connectivity index (χ3n) is 3.25. The van der Waals surface area contributed by atoms with E-state index >= 15 is 0 Å². The van der Waals surface area contributed by atoms with E-state index in [9.17, 15) is 4.39 Å². The van der Waals surface area contributed by atoms with E-state index in [1.54, 1.807) is 6.20 Å². The van der Waals surface area contributed by atoms with Crippen LogP contribution in [0.5, 0.6) is 0 Å². The zero-order chi connectivity index (χ0) is 11.4. The first-order chi connectivity index (χ1) is 7.74. The van der Waals surface area contributed by atoms with Crippen LogP contribution >= 0.6 is 11.6 Å². The molecule has 1 N–H and O–H groups in total. The summed E-state index contributed by atoms with van der Waals surface area (Å²) < 4.78 is 12.9. The summed E-state index contributed by atoms with van der Waals surface area (Å²) in [5.74, 6) is 0.334. The average molecular weight is 243 g/mol. The fourth-order valence-electron chi connectivity index (χ4n) is 2.25. The molecule has 0 atom stereocenters. The van der Waals surface area contributed by atoms with Gasteiger partial charge in [0, 0.05) is 24.2 Å². The molecule has 1 aromatic rings. The summed E-state index contributed by atoms with van der Waals surface area (Å²) in [6.07, 6.45) is 7.57. The van der Waals surface area contributed by atoms with Crippen molar-refractivity contribution in [1.82, 2.24) is 10.3 Å². The molecule has 4 heteroatoms. The van der Waals surface area contributed by atoms with Crippen LogP contribution in [-0.4, -0.2) is 16.4 Å². The summed E-state index contributed by atoms with van der Waals surface area (Å²) in [5, 5.41) is 3.45. The molecule has 2 nitrogen and oxygen atoms in total. The largest absolute Gasteiger partial charge is 0.306 e. The van der Waals surface area contributed by atoms with Crippen LogP contribution in [0, 0.1) is 5.82 Å². The first-order valence-corrected chi connectivity index (χ1v) is 6.18. The molecule has 1 aliphatic rings. The highest BCUT2D eigenvalue weighted by Gasteiger charge is 2.32. The number of nitrogens with one attached hydrogen (secondary N) is 1. The summed E-state index contributed by atoms with van der Waals surface area (Å²) in [6, 6.07) is 1.51. The molecular weight excluding hydrogens is 227 g/mol. The molecule has 0 amide bonds. The van der Waals surface area contributed by atoms with Gasteiger partial charge in [-0.15, -0.1) is 11.6 Å². The maximum Gasteiger partial charge on any atom is 0.141 e. The van der Waals surface area contributed by atoms with Gasteiger partial charge in [0.2, 0.25) is 0 Å². The van der Waals surface area contributed by atoms with Crippen molar-refractivity contribution >= 4 is 11.6 Å². The van der Waals surface area contributed by atoms with E-state index in [0.717, 1.165) is 18.4 Å². The van der Waals surface area contributed by atoms with Crippen molar-refractivity contribution in [1.29, 1.82) is 0 Å². The summed E-state index contributed by atoms with van der Waals surface area (Å²) >= 11 is 6.01. The van der Waals surface area contributed by atoms with E-state index < -0.39 is 0 Å². The summed E-state index contributed by atoms with van der Waals surface area (Å²) in [6.45, 7) is 0.636. The molecular formula is C12H16ClFN2. The van der Waals surface area contributed by atoms with Gasteiger partial charge in [-0.2, -0.15) is 0 Å². The van der Waals surface area contributed by atoms with E-state index in [1.165, 1.54) is 25.1 Å². The van der Waals surface area contributed by atoms with Crippen LogP contribution in [0.3, 0.4) is 0 Å². The summed E-state index contributed by atoms with van der Waals surface area (Å²) in [7, 11) is 0. The molecule has 0 aromatic carbocycles. The van der Waals surface area contributed by atoms with Crippen molar-refractivity contribution in [2.24, 2.45) is 0 Å². The number of alkyl halides is 1. The standard InChI is InChI=1S/C12H16ClFN2/c13-9-12(3-1-2-4-12)16-7-10-5-11(14)8-15-6-10/h5-6,8,16H,1-4,7,9H2. The second-order valence-electron chi connectivity index (χ2n) is 4.49. The lowest BCUT2D eigenvalue weighted by atomic mass is 10.00. The normalized spacial score (nSPS) is 18.9. The van der Waals surface area contributed by atoms with Gasteiger partial charge in [-0.25, -0.2) is 4.39 Å². The molecule has 1 heterocycles. The Morgan fingerprint density at radius 1 is 1.38 bits per heavy atom. The zero-order valence-corrected chi connectivity index (χ0v) is 9.93. The lowest BCUT2D eigenvalue weighted by molar-refractivity contribution is 0.367. The smallest absolute Gasteiger partial charge is 0.141 e. The Hall–Kier alpha value is -0.670. The van der Waals surface area contributed by atoms with E-state index in [4.69, 9.17) is 11.6 Å². The van der Waals surface area contributed by atoms with Crippen LogP contribution in [-0.2, 0) is 6.54 Å². The molecule has 0 aliphatic heterocycles. The SMILES string of the molecule is Fc1cncc(CNC2(CCl)CCCC2)c1. The molecule has 1 fully saturated rings. The van der Waals surface area contributed by atoms with Crippen molar-refractivity contribution in [3.05, 3.63) is 29.8 Å². The van der Waals surface area contributed by atoms with Crippen LogP contribution < -0.4 is 5.32 Å². The van der Waals surface area contributed by atoms with Gasteiger partial charge >= 0.3 is 0 Å². The Kier molecular flexibility index (Phi) is 3.77. The maximum atomic E-state index is 12.9. The maximum absolute atomic E-state index is 12.9. The molecule has 1 saturated carbocycles. The van der Waals surface area contributed by atoms with Crippen LogP contribution in [0.4, 0.5) is 4.39 Å². The molecule has 0 unspecified atom stereocenters. The zero-order valence-electron chi connectivity index (χ0n) is 9.18. The quantitative estimate of drug-likeness (QED) is 0.822. The fourth-order valence-corrected chi connectivity index (χ4v) is 2.61. The van der Waals surface area contributed by atoms with Gasteiger partial charge < -0.3 is 5.32 Å². The minimum atomic E-state index is -0.286. The first kappa shape index (κ1) is 11.8. The van der Waals surface area contributed by atoms with Crippen LogP contribution in [0.15, 0.2) is 18.5 Å². The first-order valence-electron chi connectivity index (χ1n) is 5.65. The minimum Gasteiger partial charge on any atom is -0.306 e. The molecule has 0 saturated heterocycles. The number of aromatic nitrogens is 1. The molecule has 16 heavy (non-hydrogen) atoms. The van der Waals surface area contributed by atoms with Gasteiger partial charge in [-0.05, 0) is 24.5 Å². The van der Waals surface area contributed by atoms with E-state index in [2.05, 4.69) is 10.3 Å². The fraction of sp³-hybridized carbons (Fsp3) is 0.583. The number of nitrogens with zero attached hydrogens (tertiary/aromatic N) is 1. The Balaban J connectivity index is 1.95. The topological polar surface area (TPSA) is 24.9 Å². The van der Waals surface area contributed by atoms with Crippen LogP contribution in [0.2, 0.25) is 0 Å². The number of rotatable bonds is 4. The second kappa shape index (κ2) is 5.11. The van der Waals surface area contributed by atoms with Crippen molar-refractivity contribution in [3.63, 3.8) is 0 Å². The molecule has 0 bridgehead atoms. The predicted molar refractivity (Wildman–Crippen MR) is 63.0 cm³/mol. The van der Waals surface area contributed by atoms with Crippen LogP contribution in [0.25, 0.3) is 0 Å². The molecule has 1 aromatic heterocycles. The predicted octanol–water partition coefficient (Wildman–Crippen LogP) is 2.86. The number of hydrogen-bond acceptors (Lipinski definition) is 2. The number of pyridine rings is 1. The van der Waals surface area contributed by atoms with Crippen LogP contribution in [0.1, 0.15) is 31.2 Å². The van der Waals surface area contributed by atoms with Gasteiger partial charge in [0.05, 0.1) is 6.20 Å². The third-order valence-corrected chi connectivity index (χ3v) is 3.76. The van der Waals surface area contributed by atoms with E-state index in [1.807, 2.05) is 0 Å². The van der Waals surface area contributed by atoms with Gasteiger partial charge in [0.25, 0.3) is 0 Å². The van der Waals surface area contributed by atoms with Gasteiger partial charge in [-0.1, -0.05) is 12.8 Å². The third kappa shape index (κ3) is 2.71. The van der Waals surface area contributed by atoms with Gasteiger partial charge in [0.15, 0.2) is 0 Å². The van der Waals surface area contributed by atoms with Crippen molar-refractivity contribution in [2.75, 3.05) is 5.88 Å². The lowest BCUT2D eigenvalue weighted by Crippen LogP contribution is -2.43. The number of halogens is 2. The average Bonchev–Trinajstić information content (AvgIpc) is 2.76. The molecule has 0 radical (unpaired) electrons. The highest BCUT2D eigenvalue weighted by atomic mass is 35.5. The van der Waals surface area contributed by atoms with E-state index in [-0.39, 0.29) is 11.4 Å². The lowest BCUT2D eigenvalue weighted by Gasteiger charge is -2.28. The Morgan fingerprint density at radius 2 is 2.12 bits per heavy atom. The van der Waals surface area contributed by atoms with Crippen molar-refractivity contribution in [2.45, 2.75) is 37.8 Å². The Bertz CT molecular complexity index is 351. The second-order valence-corrected chi connectivity index (χ2v) is 4.75. The Morgan fingerprint density at radius 3 is 2.75 bits per heavy atom. The van der Waals surface area contributed by atoms with E-state index in [0.29, 0.717) is 12.4 Å². The van der Waals surface area contributed by atoms with Crippen molar-refractivity contribution < 1.29 is 4.39 Å². The highest BCUT2D eigenvalue weighted by molar-refractivity contribution is 6.18. The number of hydrogen-bond donors (Lipinski definition) is 1. The van der Waals surface area contributed by atoms with Crippen molar-refractivity contribution in [3.8, 4) is 0 Å². The molecule has 2 rings (SSSR count). The molecule has 0 spiro atoms. The molecule has 88 valence electrons.